The maximum Gasteiger partial charge on any atom is 0.410 e. The highest BCUT2D eigenvalue weighted by Crippen LogP contribution is 2.35. The summed E-state index contributed by atoms with van der Waals surface area (Å²) in [5, 5.41) is 9.46. The molecule has 4 aromatic rings. The second-order valence-electron chi connectivity index (χ2n) is 12.9. The van der Waals surface area contributed by atoms with E-state index in [1.807, 2.05) is 52.1 Å². The van der Waals surface area contributed by atoms with Gasteiger partial charge in [0.25, 0.3) is 0 Å². The third-order valence-electron chi connectivity index (χ3n) is 8.38. The maximum absolute atomic E-state index is 12.9. The lowest BCUT2D eigenvalue weighted by Gasteiger charge is -2.27. The number of carbonyl (C=O) groups excluding carboxylic acids is 1. The van der Waals surface area contributed by atoms with Crippen molar-refractivity contribution in [1.82, 2.24) is 29.7 Å². The van der Waals surface area contributed by atoms with Gasteiger partial charge in [0.2, 0.25) is 0 Å². The molecule has 2 fully saturated rings. The van der Waals surface area contributed by atoms with Gasteiger partial charge in [-0.3, -0.25) is 9.80 Å². The van der Waals surface area contributed by atoms with E-state index in [0.717, 1.165) is 65.0 Å². The van der Waals surface area contributed by atoms with Gasteiger partial charge in [0.1, 0.15) is 22.9 Å². The van der Waals surface area contributed by atoms with E-state index in [9.17, 15) is 14.7 Å². The van der Waals surface area contributed by atoms with Gasteiger partial charge < -0.3 is 19.8 Å². The molecule has 10 heteroatoms. The Morgan fingerprint density at radius 1 is 0.894 bits per heavy atom. The Morgan fingerprint density at radius 3 is 2.28 bits per heavy atom. The van der Waals surface area contributed by atoms with Gasteiger partial charge in [-0.25, -0.2) is 19.6 Å². The molecule has 10 nitrogen and oxygen atoms in total. The van der Waals surface area contributed by atoms with Gasteiger partial charge in [-0.15, -0.1) is 0 Å². The highest BCUT2D eigenvalue weighted by Gasteiger charge is 2.35. The van der Waals surface area contributed by atoms with Crippen LogP contribution in [0.4, 0.5) is 9.59 Å². The minimum Gasteiger partial charge on any atom is -0.465 e. The lowest BCUT2D eigenvalue weighted by molar-refractivity contribution is 0.0218. The number of ether oxygens (including phenoxy) is 1. The summed E-state index contributed by atoms with van der Waals surface area (Å²) >= 11 is 0. The summed E-state index contributed by atoms with van der Waals surface area (Å²) in [5.41, 5.74) is 5.70. The maximum atomic E-state index is 12.9. The quantitative estimate of drug-likeness (QED) is 0.207. The number of benzene rings is 2. The second kappa shape index (κ2) is 13.1. The van der Waals surface area contributed by atoms with Crippen molar-refractivity contribution in [3.05, 3.63) is 83.3 Å². The third-order valence-corrected chi connectivity index (χ3v) is 8.38. The Labute approximate surface area is 274 Å². The molecule has 0 saturated carbocycles. The van der Waals surface area contributed by atoms with E-state index in [-0.39, 0.29) is 18.2 Å². The molecule has 47 heavy (non-hydrogen) atoms. The molecule has 6 rings (SSSR count). The van der Waals surface area contributed by atoms with Gasteiger partial charge in [0.05, 0.1) is 30.2 Å². The van der Waals surface area contributed by atoms with Crippen LogP contribution in [0.1, 0.15) is 87.0 Å². The molecule has 3 N–H and O–H groups in total. The number of nitrogens with zero attached hydrogens (tertiary/aromatic N) is 4. The van der Waals surface area contributed by atoms with Crippen molar-refractivity contribution in [3.8, 4) is 46.1 Å². The number of imidazole rings is 2. The Morgan fingerprint density at radius 2 is 1.55 bits per heavy atom. The first-order valence-electron chi connectivity index (χ1n) is 15.9. The van der Waals surface area contributed by atoms with Gasteiger partial charge in [-0.1, -0.05) is 36.3 Å². The number of hydrogen-bond donors (Lipinski definition) is 3. The predicted molar refractivity (Wildman–Crippen MR) is 178 cm³/mol. The van der Waals surface area contributed by atoms with Gasteiger partial charge in [0, 0.05) is 24.2 Å². The Balaban J connectivity index is 1.26. The fourth-order valence-electron chi connectivity index (χ4n) is 6.24. The number of nitrogens with one attached hydrogen (secondary N) is 2. The summed E-state index contributed by atoms with van der Waals surface area (Å²) < 4.78 is 5.65. The first-order valence-corrected chi connectivity index (χ1v) is 15.9. The van der Waals surface area contributed by atoms with Crippen molar-refractivity contribution in [3.63, 3.8) is 0 Å². The van der Waals surface area contributed by atoms with Crippen molar-refractivity contribution in [2.24, 2.45) is 0 Å². The normalized spacial score (nSPS) is 17.5. The smallest absolute Gasteiger partial charge is 0.410 e. The molecule has 2 amide bonds. The van der Waals surface area contributed by atoms with Crippen LogP contribution >= 0.6 is 0 Å². The van der Waals surface area contributed by atoms with Gasteiger partial charge in [-0.05, 0) is 100.0 Å². The van der Waals surface area contributed by atoms with Crippen LogP contribution in [0.3, 0.4) is 0 Å². The average Bonchev–Trinajstić information content (AvgIpc) is 3.85. The summed E-state index contributed by atoms with van der Waals surface area (Å²) in [4.78, 5) is 43.3. The van der Waals surface area contributed by atoms with Crippen LogP contribution < -0.4 is 0 Å². The highest BCUT2D eigenvalue weighted by molar-refractivity contribution is 5.79. The van der Waals surface area contributed by atoms with E-state index in [1.165, 1.54) is 4.90 Å². The van der Waals surface area contributed by atoms with Crippen molar-refractivity contribution in [2.75, 3.05) is 13.1 Å². The summed E-state index contributed by atoms with van der Waals surface area (Å²) in [6.07, 6.45) is 5.42. The number of aryl methyl sites for hydroxylation is 1. The molecule has 2 aliphatic rings. The number of carboxylic acid groups (broad SMARTS) is 1. The van der Waals surface area contributed by atoms with E-state index in [4.69, 9.17) is 9.72 Å². The van der Waals surface area contributed by atoms with Gasteiger partial charge in [0.15, 0.2) is 0 Å². The van der Waals surface area contributed by atoms with Crippen LogP contribution in [0.5, 0.6) is 0 Å². The standard InChI is InChI=1S/C37H38N6O4/c1-24-20-26(30-23-39-34(41-30)32-17-11-19-43(32)36(46)47-37(2,3)4)21-29(25-12-6-5-7-13-25)28(24)15-9-8-14-27-22-38-33(40-27)31-16-10-18-42(31)35(44)45/h5-7,12-13,20-23,31-32H,10-11,16-19H2,1-4H3,(H,38,40)(H,39,41)(H,44,45). The van der Waals surface area contributed by atoms with Crippen LogP contribution in [0.15, 0.2) is 54.9 Å². The molecule has 240 valence electrons. The fraction of sp³-hybridized carbons (Fsp3) is 0.351. The van der Waals surface area contributed by atoms with E-state index >= 15 is 0 Å². The molecular weight excluding hydrogens is 592 g/mol. The Bertz CT molecular complexity index is 1910. The molecule has 2 atom stereocenters. The molecule has 2 unspecified atom stereocenters. The van der Waals surface area contributed by atoms with E-state index in [2.05, 4.69) is 62.9 Å². The summed E-state index contributed by atoms with van der Waals surface area (Å²) in [7, 11) is 0. The Kier molecular flexibility index (Phi) is 8.78. The number of hydrogen-bond acceptors (Lipinski definition) is 5. The molecule has 4 heterocycles. The molecule has 0 bridgehead atoms. The van der Waals surface area contributed by atoms with Crippen molar-refractivity contribution in [1.29, 1.82) is 0 Å². The van der Waals surface area contributed by atoms with E-state index in [1.54, 1.807) is 11.1 Å². The lowest BCUT2D eigenvalue weighted by atomic mass is 9.93. The molecule has 2 saturated heterocycles. The Hall–Kier alpha value is -5.48. The monoisotopic (exact) mass is 630 g/mol. The van der Waals surface area contributed by atoms with Gasteiger partial charge in [-0.2, -0.15) is 0 Å². The first-order chi connectivity index (χ1) is 22.6. The molecule has 2 aromatic heterocycles. The predicted octanol–water partition coefficient (Wildman–Crippen LogP) is 7.07. The minimum absolute atomic E-state index is 0.169. The van der Waals surface area contributed by atoms with Crippen LogP contribution in [0.25, 0.3) is 22.4 Å². The fourth-order valence-corrected chi connectivity index (χ4v) is 6.24. The van der Waals surface area contributed by atoms with E-state index < -0.39 is 11.7 Å². The summed E-state index contributed by atoms with van der Waals surface area (Å²) in [6, 6.07) is 13.8. The largest absolute Gasteiger partial charge is 0.465 e. The molecule has 2 aliphatic heterocycles. The molecule has 0 radical (unpaired) electrons. The summed E-state index contributed by atoms with van der Waals surface area (Å²) in [6.45, 7) is 8.79. The molecule has 0 aliphatic carbocycles. The van der Waals surface area contributed by atoms with Crippen LogP contribution in [0.2, 0.25) is 0 Å². The minimum atomic E-state index is -0.940. The number of carbonyl (C=O) groups is 2. The highest BCUT2D eigenvalue weighted by atomic mass is 16.6. The molecular formula is C37H38N6O4. The first kappa shape index (κ1) is 31.5. The van der Waals surface area contributed by atoms with Gasteiger partial charge >= 0.3 is 12.2 Å². The average molecular weight is 631 g/mol. The zero-order chi connectivity index (χ0) is 33.1. The molecule has 0 spiro atoms. The topological polar surface area (TPSA) is 127 Å². The van der Waals surface area contributed by atoms with Crippen LogP contribution in [0, 0.1) is 30.6 Å². The molecule has 2 aromatic carbocycles. The number of H-pyrrole nitrogens is 2. The number of aromatic amines is 2. The zero-order valence-corrected chi connectivity index (χ0v) is 27.1. The van der Waals surface area contributed by atoms with Crippen LogP contribution in [-0.4, -0.2) is 65.7 Å². The van der Waals surface area contributed by atoms with E-state index in [0.29, 0.717) is 24.6 Å². The number of rotatable bonds is 4. The number of aromatic nitrogens is 4. The number of amides is 2. The van der Waals surface area contributed by atoms with Crippen LogP contribution in [-0.2, 0) is 4.74 Å². The lowest BCUT2D eigenvalue weighted by Crippen LogP contribution is -2.36. The summed E-state index contributed by atoms with van der Waals surface area (Å²) in [5.74, 6) is 13.6. The number of likely N-dealkylation sites (tertiary alicyclic amines) is 2. The van der Waals surface area contributed by atoms with Crippen molar-refractivity contribution in [2.45, 2.75) is 71.1 Å². The SMILES string of the molecule is Cc1cc(-c2cnc(C3CCCN3C(=O)OC(C)(C)C)[nH]2)cc(-c2ccccc2)c1C#CC#Cc1cnc(C2CCCN2C(=O)O)[nH]1. The third kappa shape index (κ3) is 7.02. The second-order valence-corrected chi connectivity index (χ2v) is 12.9. The van der Waals surface area contributed by atoms with Crippen molar-refractivity contribution < 1.29 is 19.4 Å². The van der Waals surface area contributed by atoms with Crippen molar-refractivity contribution >= 4 is 12.2 Å². The zero-order valence-electron chi connectivity index (χ0n) is 27.1.